The van der Waals surface area contributed by atoms with E-state index in [0.717, 1.165) is 6.08 Å². The average molecular weight is 395 g/mol. The van der Waals surface area contributed by atoms with Gasteiger partial charge in [-0.15, -0.1) is 10.2 Å². The summed E-state index contributed by atoms with van der Waals surface area (Å²) in [6.07, 6.45) is 6.18. The van der Waals surface area contributed by atoms with Gasteiger partial charge in [-0.05, 0) is 29.9 Å². The van der Waals surface area contributed by atoms with Crippen LogP contribution in [0.15, 0.2) is 81.7 Å². The fourth-order valence-electron chi connectivity index (χ4n) is 2.34. The quantitative estimate of drug-likeness (QED) is 0.243. The number of ketones is 1. The standard InChI is InChI=1S/C16H11N3O6S.Na/c20-15-8-5-10-9-11(26(23,24)25)6-7-12(10)16(15)18-17-13-3-1-2-4-14(13)19(21)22;/h1-9H,(H2,23,24,25);/q;+1/p-1. The first-order valence-electron chi connectivity index (χ1n) is 7.14. The van der Waals surface area contributed by atoms with Crippen molar-refractivity contribution in [2.24, 2.45) is 10.2 Å². The molecule has 0 aliphatic heterocycles. The van der Waals surface area contributed by atoms with Crippen LogP contribution in [-0.2, 0) is 14.9 Å². The zero-order chi connectivity index (χ0) is 18.9. The first-order chi connectivity index (χ1) is 12.3. The number of hydrogen-bond acceptors (Lipinski definition) is 7. The smallest absolute Gasteiger partial charge is 0.757 e. The predicted molar refractivity (Wildman–Crippen MR) is 92.6 cm³/mol. The Balaban J connectivity index is 0.00000261. The molecule has 2 aliphatic carbocycles. The van der Waals surface area contributed by atoms with Crippen LogP contribution in [0.4, 0.5) is 11.4 Å². The molecule has 1 aromatic carbocycles. The topological polar surface area (TPSA) is 145 Å². The SMILES string of the molecule is O=C1C=CC2=CC(=S(=O)([O-])O)C=CC2=C1N=Nc1ccccc1[N+](=O)[O-].[Na+]. The van der Waals surface area contributed by atoms with E-state index in [1.807, 2.05) is 0 Å². The van der Waals surface area contributed by atoms with Crippen LogP contribution >= 0.6 is 0 Å². The van der Waals surface area contributed by atoms with Crippen molar-refractivity contribution in [2.45, 2.75) is 0 Å². The number of azo groups is 1. The molecule has 11 heteroatoms. The fourth-order valence-corrected chi connectivity index (χ4v) is 2.86. The molecule has 0 aromatic heterocycles. The van der Waals surface area contributed by atoms with Gasteiger partial charge in [-0.1, -0.05) is 24.3 Å². The Morgan fingerprint density at radius 1 is 1.07 bits per heavy atom. The Kier molecular flexibility index (Phi) is 6.42. The number of carbonyl (C=O) groups excluding carboxylic acids is 1. The van der Waals surface area contributed by atoms with Gasteiger partial charge in [0.15, 0.2) is 5.69 Å². The molecular formula is C16H10N3NaO6S. The van der Waals surface area contributed by atoms with Gasteiger partial charge >= 0.3 is 29.6 Å². The first-order valence-corrected chi connectivity index (χ1v) is 8.58. The van der Waals surface area contributed by atoms with E-state index in [2.05, 4.69) is 10.2 Å². The number of nitro groups is 1. The van der Waals surface area contributed by atoms with Gasteiger partial charge in [-0.25, -0.2) is 0 Å². The second-order valence-corrected chi connectivity index (χ2v) is 6.64. The Hall–Kier alpha value is -2.21. The number of fused-ring (bicyclic) bond motifs is 1. The molecule has 0 saturated heterocycles. The summed E-state index contributed by atoms with van der Waals surface area (Å²) in [6.45, 7) is 0. The van der Waals surface area contributed by atoms with E-state index in [9.17, 15) is 23.7 Å². The molecule has 1 N–H and O–H groups in total. The van der Waals surface area contributed by atoms with Crippen LogP contribution < -0.4 is 29.6 Å². The van der Waals surface area contributed by atoms with E-state index in [0.29, 0.717) is 11.1 Å². The van der Waals surface area contributed by atoms with Gasteiger partial charge in [0.05, 0.1) is 4.92 Å². The van der Waals surface area contributed by atoms with Gasteiger partial charge in [-0.3, -0.25) is 19.1 Å². The van der Waals surface area contributed by atoms with Crippen LogP contribution in [0.1, 0.15) is 0 Å². The largest absolute Gasteiger partial charge is 1.00 e. The molecule has 0 spiro atoms. The summed E-state index contributed by atoms with van der Waals surface area (Å²) in [5, 5.41) is 18.6. The molecular weight excluding hydrogens is 385 g/mol. The van der Waals surface area contributed by atoms with Crippen molar-refractivity contribution in [1.29, 1.82) is 0 Å². The number of para-hydroxylation sites is 1. The molecule has 0 amide bonds. The predicted octanol–water partition coefficient (Wildman–Crippen LogP) is -0.368. The summed E-state index contributed by atoms with van der Waals surface area (Å²) in [4.78, 5) is 22.2. The van der Waals surface area contributed by atoms with Crippen LogP contribution in [0.3, 0.4) is 0 Å². The Morgan fingerprint density at radius 2 is 1.78 bits per heavy atom. The Morgan fingerprint density at radius 3 is 2.44 bits per heavy atom. The number of nitrogens with zero attached hydrogens (tertiary/aromatic N) is 3. The zero-order valence-electron chi connectivity index (χ0n) is 13.9. The molecule has 27 heavy (non-hydrogen) atoms. The minimum Gasteiger partial charge on any atom is -0.757 e. The van der Waals surface area contributed by atoms with Gasteiger partial charge in [0, 0.05) is 26.6 Å². The Labute approximate surface area is 176 Å². The number of rotatable bonds is 3. The second-order valence-electron chi connectivity index (χ2n) is 5.22. The van der Waals surface area contributed by atoms with E-state index in [1.54, 1.807) is 6.07 Å². The third-order valence-electron chi connectivity index (χ3n) is 3.56. The number of hydrogen-bond donors (Lipinski definition) is 1. The number of carbonyl (C=O) groups is 1. The van der Waals surface area contributed by atoms with E-state index in [4.69, 9.17) is 4.55 Å². The Bertz CT molecular complexity index is 1100. The normalized spacial score (nSPS) is 18.1. The molecule has 1 aromatic rings. The molecule has 1 unspecified atom stereocenters. The van der Waals surface area contributed by atoms with Crippen LogP contribution in [0, 0.1) is 10.1 Å². The monoisotopic (exact) mass is 395 g/mol. The second kappa shape index (κ2) is 8.21. The maximum atomic E-state index is 12.1. The summed E-state index contributed by atoms with van der Waals surface area (Å²) in [6, 6.07) is 5.66. The van der Waals surface area contributed by atoms with Crippen molar-refractivity contribution in [2.75, 3.05) is 0 Å². The average Bonchev–Trinajstić information content (AvgIpc) is 2.60. The molecule has 3 rings (SSSR count). The minimum absolute atomic E-state index is 0. The molecule has 0 saturated carbocycles. The third kappa shape index (κ3) is 4.56. The molecule has 0 bridgehead atoms. The summed E-state index contributed by atoms with van der Waals surface area (Å²) in [7, 11) is -4.39. The van der Waals surface area contributed by atoms with Crippen molar-refractivity contribution in [3.8, 4) is 0 Å². The van der Waals surface area contributed by atoms with Crippen LogP contribution in [0.5, 0.6) is 0 Å². The van der Waals surface area contributed by atoms with Gasteiger partial charge in [0.1, 0.15) is 5.70 Å². The minimum atomic E-state index is -4.39. The molecule has 1 atom stereocenters. The van der Waals surface area contributed by atoms with Gasteiger partial charge < -0.3 is 9.11 Å². The fraction of sp³-hybridized carbons (Fsp3) is 0. The summed E-state index contributed by atoms with van der Waals surface area (Å²) < 4.78 is 31.6. The molecule has 0 radical (unpaired) electrons. The van der Waals surface area contributed by atoms with Gasteiger partial charge in [0.2, 0.25) is 5.78 Å². The molecule has 2 aliphatic rings. The van der Waals surface area contributed by atoms with Crippen molar-refractivity contribution in [3.63, 3.8) is 0 Å². The summed E-state index contributed by atoms with van der Waals surface area (Å²) in [5.74, 6) is -0.487. The molecule has 132 valence electrons. The van der Waals surface area contributed by atoms with Crippen molar-refractivity contribution in [3.05, 3.63) is 81.6 Å². The van der Waals surface area contributed by atoms with E-state index < -0.39 is 20.8 Å². The third-order valence-corrected chi connectivity index (χ3v) is 4.41. The van der Waals surface area contributed by atoms with Gasteiger partial charge in [0.25, 0.3) is 5.69 Å². The zero-order valence-corrected chi connectivity index (χ0v) is 16.8. The maximum absolute atomic E-state index is 12.1. The van der Waals surface area contributed by atoms with E-state index >= 15 is 0 Å². The number of allylic oxidation sites excluding steroid dienone is 7. The van der Waals surface area contributed by atoms with E-state index in [-0.39, 0.29) is 51.5 Å². The first kappa shape index (κ1) is 21.1. The van der Waals surface area contributed by atoms with Crippen molar-refractivity contribution < 1.29 is 52.6 Å². The van der Waals surface area contributed by atoms with Crippen molar-refractivity contribution in [1.82, 2.24) is 0 Å². The van der Waals surface area contributed by atoms with Crippen LogP contribution in [-0.4, -0.2) is 28.9 Å². The van der Waals surface area contributed by atoms with Crippen LogP contribution in [0.25, 0.3) is 0 Å². The summed E-state index contributed by atoms with van der Waals surface area (Å²) in [5.41, 5.74) is 0.257. The van der Waals surface area contributed by atoms with Crippen molar-refractivity contribution >= 4 is 32.1 Å². The number of benzene rings is 1. The molecule has 9 nitrogen and oxygen atoms in total. The maximum Gasteiger partial charge on any atom is 1.00 e. The van der Waals surface area contributed by atoms with Crippen LogP contribution in [0.2, 0.25) is 0 Å². The summed E-state index contributed by atoms with van der Waals surface area (Å²) >= 11 is 0. The molecule has 0 fully saturated rings. The molecule has 0 heterocycles. The van der Waals surface area contributed by atoms with E-state index in [1.165, 1.54) is 42.5 Å². The van der Waals surface area contributed by atoms with Gasteiger partial charge in [-0.2, -0.15) is 0 Å². The number of nitro benzene ring substituents is 1.